The molecule has 2 amide bonds. The summed E-state index contributed by atoms with van der Waals surface area (Å²) in [5.41, 5.74) is 5.75. The summed E-state index contributed by atoms with van der Waals surface area (Å²) in [6.45, 7) is 3.26. The van der Waals surface area contributed by atoms with Gasteiger partial charge in [0.25, 0.3) is 5.91 Å². The zero-order chi connectivity index (χ0) is 15.5. The van der Waals surface area contributed by atoms with Gasteiger partial charge >= 0.3 is 0 Å². The topological polar surface area (TPSA) is 79.2 Å². The van der Waals surface area contributed by atoms with Crippen LogP contribution in [0.1, 0.15) is 62.4 Å². The molecule has 1 aromatic heterocycles. The maximum Gasteiger partial charge on any atom is 0.270 e. The first kappa shape index (κ1) is 17.3. The SMILES string of the molecule is CCCCCCCCN(CCC(N)=O)C(=O)c1ccc[nH]1. The fourth-order valence-corrected chi connectivity index (χ4v) is 2.28. The van der Waals surface area contributed by atoms with Crippen molar-refractivity contribution in [3.8, 4) is 0 Å². The molecule has 0 bridgehead atoms. The zero-order valence-electron chi connectivity index (χ0n) is 12.9. The van der Waals surface area contributed by atoms with Gasteiger partial charge < -0.3 is 15.6 Å². The summed E-state index contributed by atoms with van der Waals surface area (Å²) < 4.78 is 0. The van der Waals surface area contributed by atoms with Crippen LogP contribution in [0.4, 0.5) is 0 Å². The molecule has 0 spiro atoms. The number of nitrogens with one attached hydrogen (secondary N) is 1. The van der Waals surface area contributed by atoms with Crippen molar-refractivity contribution in [1.82, 2.24) is 9.88 Å². The molecule has 118 valence electrons. The van der Waals surface area contributed by atoms with E-state index in [0.717, 1.165) is 12.8 Å². The average Bonchev–Trinajstić information content (AvgIpc) is 2.99. The van der Waals surface area contributed by atoms with Crippen LogP contribution in [0.2, 0.25) is 0 Å². The van der Waals surface area contributed by atoms with Crippen LogP contribution in [0.25, 0.3) is 0 Å². The van der Waals surface area contributed by atoms with E-state index in [1.54, 1.807) is 23.2 Å². The average molecular weight is 293 g/mol. The third-order valence-corrected chi connectivity index (χ3v) is 3.53. The standard InChI is InChI=1S/C16H27N3O2/c1-2-3-4-5-6-7-12-19(13-10-15(17)20)16(21)14-9-8-11-18-14/h8-9,11,18H,2-7,10,12-13H2,1H3,(H2,17,20). The third kappa shape index (κ3) is 6.97. The molecule has 5 heteroatoms. The van der Waals surface area contributed by atoms with Crippen molar-refractivity contribution < 1.29 is 9.59 Å². The van der Waals surface area contributed by atoms with Crippen molar-refractivity contribution in [1.29, 1.82) is 0 Å². The maximum absolute atomic E-state index is 12.3. The Bertz CT molecular complexity index is 415. The quantitative estimate of drug-likeness (QED) is 0.615. The molecule has 21 heavy (non-hydrogen) atoms. The van der Waals surface area contributed by atoms with Crippen LogP contribution in [0, 0.1) is 0 Å². The molecule has 1 heterocycles. The summed E-state index contributed by atoms with van der Waals surface area (Å²) >= 11 is 0. The lowest BCUT2D eigenvalue weighted by Gasteiger charge is -2.21. The van der Waals surface area contributed by atoms with E-state index >= 15 is 0 Å². The molecule has 0 unspecified atom stereocenters. The lowest BCUT2D eigenvalue weighted by molar-refractivity contribution is -0.118. The predicted octanol–water partition coefficient (Wildman–Crippen LogP) is 2.69. The number of amides is 2. The number of primary amides is 1. The van der Waals surface area contributed by atoms with Crippen molar-refractivity contribution in [3.63, 3.8) is 0 Å². The lowest BCUT2D eigenvalue weighted by Crippen LogP contribution is -2.35. The van der Waals surface area contributed by atoms with Crippen molar-refractivity contribution in [2.75, 3.05) is 13.1 Å². The minimum absolute atomic E-state index is 0.0604. The van der Waals surface area contributed by atoms with E-state index in [1.165, 1.54) is 25.7 Å². The number of nitrogens with two attached hydrogens (primary N) is 1. The van der Waals surface area contributed by atoms with E-state index in [0.29, 0.717) is 18.8 Å². The minimum atomic E-state index is -0.373. The van der Waals surface area contributed by atoms with Gasteiger partial charge in [-0.25, -0.2) is 0 Å². The molecule has 0 saturated heterocycles. The Morgan fingerprint density at radius 1 is 1.14 bits per heavy atom. The number of unbranched alkanes of at least 4 members (excludes halogenated alkanes) is 5. The van der Waals surface area contributed by atoms with Crippen molar-refractivity contribution in [3.05, 3.63) is 24.0 Å². The highest BCUT2D eigenvalue weighted by Crippen LogP contribution is 2.09. The van der Waals surface area contributed by atoms with E-state index in [4.69, 9.17) is 5.73 Å². The van der Waals surface area contributed by atoms with E-state index in [9.17, 15) is 9.59 Å². The van der Waals surface area contributed by atoms with Crippen LogP contribution in [-0.2, 0) is 4.79 Å². The molecule has 5 nitrogen and oxygen atoms in total. The monoisotopic (exact) mass is 293 g/mol. The van der Waals surface area contributed by atoms with Gasteiger partial charge in [-0.2, -0.15) is 0 Å². The summed E-state index contributed by atoms with van der Waals surface area (Å²) in [4.78, 5) is 27.9. The lowest BCUT2D eigenvalue weighted by atomic mass is 10.1. The highest BCUT2D eigenvalue weighted by molar-refractivity contribution is 5.92. The molecule has 0 aliphatic heterocycles. The summed E-state index contributed by atoms with van der Waals surface area (Å²) in [6.07, 6.45) is 8.98. The fourth-order valence-electron chi connectivity index (χ4n) is 2.28. The van der Waals surface area contributed by atoms with E-state index in [1.807, 2.05) is 0 Å². The van der Waals surface area contributed by atoms with Crippen LogP contribution in [-0.4, -0.2) is 34.8 Å². The molecule has 0 aromatic carbocycles. The zero-order valence-corrected chi connectivity index (χ0v) is 12.9. The van der Waals surface area contributed by atoms with E-state index < -0.39 is 0 Å². The number of nitrogens with zero attached hydrogens (tertiary/aromatic N) is 1. The maximum atomic E-state index is 12.3. The first-order valence-corrected chi connectivity index (χ1v) is 7.86. The second kappa shape index (κ2) is 10.0. The Morgan fingerprint density at radius 3 is 2.48 bits per heavy atom. The molecular weight excluding hydrogens is 266 g/mol. The van der Waals surface area contributed by atoms with Crippen molar-refractivity contribution in [2.24, 2.45) is 5.73 Å². The summed E-state index contributed by atoms with van der Waals surface area (Å²) in [6, 6.07) is 3.55. The fraction of sp³-hybridized carbons (Fsp3) is 0.625. The van der Waals surface area contributed by atoms with Gasteiger partial charge in [-0.15, -0.1) is 0 Å². The number of hydrogen-bond acceptors (Lipinski definition) is 2. The van der Waals surface area contributed by atoms with Crippen molar-refractivity contribution in [2.45, 2.75) is 51.9 Å². The number of carbonyl (C=O) groups excluding carboxylic acids is 2. The number of aromatic amines is 1. The number of rotatable bonds is 11. The summed E-state index contributed by atoms with van der Waals surface area (Å²) in [7, 11) is 0. The van der Waals surface area contributed by atoms with Gasteiger partial charge in [-0.1, -0.05) is 39.0 Å². The Hall–Kier alpha value is -1.78. The van der Waals surface area contributed by atoms with Gasteiger partial charge in [0.2, 0.25) is 5.91 Å². The third-order valence-electron chi connectivity index (χ3n) is 3.53. The van der Waals surface area contributed by atoms with Gasteiger partial charge in [0.1, 0.15) is 5.69 Å². The van der Waals surface area contributed by atoms with Crippen LogP contribution >= 0.6 is 0 Å². The Labute approximate surface area is 126 Å². The molecule has 1 rings (SSSR count). The van der Waals surface area contributed by atoms with Gasteiger partial charge in [-0.3, -0.25) is 9.59 Å². The van der Waals surface area contributed by atoms with E-state index in [2.05, 4.69) is 11.9 Å². The first-order valence-electron chi connectivity index (χ1n) is 7.86. The highest BCUT2D eigenvalue weighted by atomic mass is 16.2. The van der Waals surface area contributed by atoms with Crippen LogP contribution in [0.5, 0.6) is 0 Å². The number of aromatic nitrogens is 1. The second-order valence-corrected chi connectivity index (χ2v) is 5.36. The predicted molar refractivity (Wildman–Crippen MR) is 83.9 cm³/mol. The largest absolute Gasteiger partial charge is 0.370 e. The van der Waals surface area contributed by atoms with Crippen LogP contribution < -0.4 is 5.73 Å². The summed E-state index contributed by atoms with van der Waals surface area (Å²) in [5, 5.41) is 0. The molecule has 0 aliphatic carbocycles. The Balaban J connectivity index is 2.41. The van der Waals surface area contributed by atoms with Gasteiger partial charge in [0.05, 0.1) is 0 Å². The van der Waals surface area contributed by atoms with Gasteiger partial charge in [0, 0.05) is 25.7 Å². The normalized spacial score (nSPS) is 10.5. The minimum Gasteiger partial charge on any atom is -0.370 e. The van der Waals surface area contributed by atoms with Crippen molar-refractivity contribution >= 4 is 11.8 Å². The molecule has 1 aromatic rings. The number of carbonyl (C=O) groups is 2. The molecule has 0 aliphatic rings. The second-order valence-electron chi connectivity index (χ2n) is 5.36. The smallest absolute Gasteiger partial charge is 0.270 e. The molecule has 0 radical (unpaired) electrons. The number of H-pyrrole nitrogens is 1. The molecule has 3 N–H and O–H groups in total. The molecule has 0 atom stereocenters. The Morgan fingerprint density at radius 2 is 1.86 bits per heavy atom. The summed E-state index contributed by atoms with van der Waals surface area (Å²) in [5.74, 6) is -0.433. The highest BCUT2D eigenvalue weighted by Gasteiger charge is 2.16. The molecular formula is C16H27N3O2. The molecule has 0 saturated carbocycles. The Kier molecular flexibility index (Phi) is 8.24. The van der Waals surface area contributed by atoms with Crippen LogP contribution in [0.3, 0.4) is 0 Å². The van der Waals surface area contributed by atoms with Crippen LogP contribution in [0.15, 0.2) is 18.3 Å². The molecule has 0 fully saturated rings. The number of hydrogen-bond donors (Lipinski definition) is 2. The van der Waals surface area contributed by atoms with Gasteiger partial charge in [0.15, 0.2) is 0 Å². The van der Waals surface area contributed by atoms with E-state index in [-0.39, 0.29) is 18.2 Å². The van der Waals surface area contributed by atoms with Gasteiger partial charge in [-0.05, 0) is 18.6 Å². The first-order chi connectivity index (χ1) is 10.1.